The first-order valence-electron chi connectivity index (χ1n) is 9.25. The zero-order valence-electron chi connectivity index (χ0n) is 15.6. The van der Waals surface area contributed by atoms with Crippen molar-refractivity contribution in [1.29, 1.82) is 0 Å². The Morgan fingerprint density at radius 1 is 1.11 bits per heavy atom. The Kier molecular flexibility index (Phi) is 5.00. The molecule has 1 atom stereocenters. The van der Waals surface area contributed by atoms with Gasteiger partial charge in [0.15, 0.2) is 5.58 Å². The van der Waals surface area contributed by atoms with E-state index in [1.807, 2.05) is 47.9 Å². The van der Waals surface area contributed by atoms with Crippen molar-refractivity contribution in [1.82, 2.24) is 9.88 Å². The number of furan rings is 1. The summed E-state index contributed by atoms with van der Waals surface area (Å²) in [6, 6.07) is 21.1. The Morgan fingerprint density at radius 2 is 1.86 bits per heavy atom. The zero-order chi connectivity index (χ0) is 19.5. The van der Waals surface area contributed by atoms with Crippen LogP contribution in [0.5, 0.6) is 0 Å². The molecule has 0 aliphatic heterocycles. The monoisotopic (exact) mass is 374 g/mol. The Balaban J connectivity index is 1.55. The lowest BCUT2D eigenvalue weighted by Gasteiger charge is -2.14. The third-order valence-electron chi connectivity index (χ3n) is 4.86. The van der Waals surface area contributed by atoms with Gasteiger partial charge in [-0.1, -0.05) is 60.2 Å². The number of aliphatic hydroxyl groups is 1. The summed E-state index contributed by atoms with van der Waals surface area (Å²) in [6.07, 6.45) is 0.866. The fourth-order valence-electron chi connectivity index (χ4n) is 3.28. The second kappa shape index (κ2) is 7.74. The van der Waals surface area contributed by atoms with E-state index >= 15 is 0 Å². The largest absolute Gasteiger partial charge is 0.463 e. The average Bonchev–Trinajstić information content (AvgIpc) is 3.31. The molecule has 0 aliphatic carbocycles. The second-order valence-corrected chi connectivity index (χ2v) is 6.91. The Bertz CT molecular complexity index is 1080. The first-order valence-corrected chi connectivity index (χ1v) is 9.25. The predicted octanol–water partition coefficient (Wildman–Crippen LogP) is 4.05. The van der Waals surface area contributed by atoms with Crippen molar-refractivity contribution < 1.29 is 14.3 Å². The summed E-state index contributed by atoms with van der Waals surface area (Å²) in [5.74, 6) is -0.242. The van der Waals surface area contributed by atoms with Crippen LogP contribution >= 0.6 is 0 Å². The van der Waals surface area contributed by atoms with Gasteiger partial charge >= 0.3 is 0 Å². The number of hydrogen-bond donors (Lipinski definition) is 2. The van der Waals surface area contributed by atoms with E-state index in [0.717, 1.165) is 16.6 Å². The normalized spacial score (nSPS) is 12.2. The topological polar surface area (TPSA) is 67.4 Å². The van der Waals surface area contributed by atoms with Crippen LogP contribution in [-0.4, -0.2) is 22.1 Å². The highest BCUT2D eigenvalue weighted by atomic mass is 16.3. The number of aliphatic hydroxyl groups excluding tert-OH is 1. The smallest absolute Gasteiger partial charge is 0.268 e. The van der Waals surface area contributed by atoms with Crippen molar-refractivity contribution in [2.45, 2.75) is 19.6 Å². The van der Waals surface area contributed by atoms with Crippen molar-refractivity contribution in [2.24, 2.45) is 0 Å². The summed E-state index contributed by atoms with van der Waals surface area (Å²) in [5.41, 5.74) is 5.11. The van der Waals surface area contributed by atoms with Crippen LogP contribution in [-0.2, 0) is 6.54 Å². The molecule has 0 fully saturated rings. The molecule has 1 amide bonds. The zero-order valence-corrected chi connectivity index (χ0v) is 15.6. The van der Waals surface area contributed by atoms with Crippen LogP contribution in [0, 0.1) is 6.92 Å². The quantitative estimate of drug-likeness (QED) is 0.535. The number of nitrogens with zero attached hydrogens (tertiary/aromatic N) is 1. The molecule has 28 heavy (non-hydrogen) atoms. The molecule has 0 aliphatic rings. The maximum absolute atomic E-state index is 12.8. The summed E-state index contributed by atoms with van der Waals surface area (Å²) in [7, 11) is 0. The van der Waals surface area contributed by atoms with Gasteiger partial charge in [0.2, 0.25) is 0 Å². The fourth-order valence-corrected chi connectivity index (χ4v) is 3.28. The predicted molar refractivity (Wildman–Crippen MR) is 108 cm³/mol. The lowest BCUT2D eigenvalue weighted by atomic mass is 10.1. The van der Waals surface area contributed by atoms with Gasteiger partial charge in [0, 0.05) is 25.2 Å². The summed E-state index contributed by atoms with van der Waals surface area (Å²) < 4.78 is 7.43. The summed E-state index contributed by atoms with van der Waals surface area (Å²) in [5, 5.41) is 13.1. The van der Waals surface area contributed by atoms with E-state index in [1.165, 1.54) is 5.56 Å². The maximum atomic E-state index is 12.8. The number of hydrogen-bond acceptors (Lipinski definition) is 3. The van der Waals surface area contributed by atoms with Crippen LogP contribution in [0.2, 0.25) is 0 Å². The van der Waals surface area contributed by atoms with Gasteiger partial charge in [-0.05, 0) is 18.1 Å². The molecule has 4 aromatic rings. The third-order valence-corrected chi connectivity index (χ3v) is 4.86. The number of benzene rings is 2. The van der Waals surface area contributed by atoms with Crippen molar-refractivity contribution in [2.75, 3.05) is 6.54 Å². The van der Waals surface area contributed by atoms with Gasteiger partial charge in [-0.2, -0.15) is 0 Å². The van der Waals surface area contributed by atoms with Crippen molar-refractivity contribution >= 4 is 17.0 Å². The van der Waals surface area contributed by atoms with E-state index < -0.39 is 6.10 Å². The minimum Gasteiger partial charge on any atom is -0.463 e. The molecule has 0 saturated heterocycles. The van der Waals surface area contributed by atoms with Crippen molar-refractivity contribution in [3.63, 3.8) is 0 Å². The number of aryl methyl sites for hydroxylation is 1. The molecule has 1 unspecified atom stereocenters. The van der Waals surface area contributed by atoms with Crippen LogP contribution in [0.3, 0.4) is 0 Å². The molecule has 2 aromatic heterocycles. The van der Waals surface area contributed by atoms with Gasteiger partial charge in [-0.3, -0.25) is 4.79 Å². The molecule has 0 saturated carbocycles. The van der Waals surface area contributed by atoms with E-state index in [0.29, 0.717) is 17.8 Å². The van der Waals surface area contributed by atoms with Gasteiger partial charge in [-0.15, -0.1) is 0 Å². The SMILES string of the molecule is Cc1ccc(Cn2c(C(=O)NCC(O)c3ccccc3)cc3occc32)cc1. The van der Waals surface area contributed by atoms with E-state index in [4.69, 9.17) is 4.42 Å². The molecule has 5 nitrogen and oxygen atoms in total. The average molecular weight is 374 g/mol. The van der Waals surface area contributed by atoms with Crippen molar-refractivity contribution in [3.05, 3.63) is 95.4 Å². The van der Waals surface area contributed by atoms with Gasteiger partial charge < -0.3 is 19.4 Å². The summed E-state index contributed by atoms with van der Waals surface area (Å²) in [6.45, 7) is 2.75. The molecule has 4 rings (SSSR count). The number of carbonyl (C=O) groups excluding carboxylic acids is 1. The Morgan fingerprint density at radius 3 is 2.61 bits per heavy atom. The van der Waals surface area contributed by atoms with Gasteiger partial charge in [0.25, 0.3) is 5.91 Å². The second-order valence-electron chi connectivity index (χ2n) is 6.91. The standard InChI is InChI=1S/C23H22N2O3/c1-16-7-9-17(10-8-16)15-25-19-11-12-28-22(19)13-20(25)23(27)24-14-21(26)18-5-3-2-4-6-18/h2-13,21,26H,14-15H2,1H3,(H,24,27). The molecule has 142 valence electrons. The van der Waals surface area contributed by atoms with Gasteiger partial charge in [-0.25, -0.2) is 0 Å². The molecular weight excluding hydrogens is 352 g/mol. The molecule has 2 N–H and O–H groups in total. The van der Waals surface area contributed by atoms with Gasteiger partial charge in [0.1, 0.15) is 5.69 Å². The Labute approximate surface area is 163 Å². The lowest BCUT2D eigenvalue weighted by molar-refractivity contribution is 0.0908. The van der Waals surface area contributed by atoms with E-state index in [2.05, 4.69) is 29.6 Å². The fraction of sp³-hybridized carbons (Fsp3) is 0.174. The maximum Gasteiger partial charge on any atom is 0.268 e. The first kappa shape index (κ1) is 18.1. The molecule has 5 heteroatoms. The molecule has 0 bridgehead atoms. The lowest BCUT2D eigenvalue weighted by Crippen LogP contribution is -2.30. The van der Waals surface area contributed by atoms with E-state index in [1.54, 1.807) is 12.3 Å². The number of aromatic nitrogens is 1. The van der Waals surface area contributed by atoms with E-state index in [-0.39, 0.29) is 12.5 Å². The molecule has 2 heterocycles. The number of amides is 1. The van der Waals surface area contributed by atoms with Crippen LogP contribution in [0.25, 0.3) is 11.1 Å². The molecule has 2 aromatic carbocycles. The summed E-state index contributed by atoms with van der Waals surface area (Å²) in [4.78, 5) is 12.8. The highest BCUT2D eigenvalue weighted by Crippen LogP contribution is 2.23. The van der Waals surface area contributed by atoms with Crippen LogP contribution < -0.4 is 5.32 Å². The minimum atomic E-state index is -0.756. The highest BCUT2D eigenvalue weighted by molar-refractivity contribution is 5.97. The highest BCUT2D eigenvalue weighted by Gasteiger charge is 2.18. The number of fused-ring (bicyclic) bond motifs is 1. The third kappa shape index (κ3) is 3.70. The minimum absolute atomic E-state index is 0.139. The molecular formula is C23H22N2O3. The van der Waals surface area contributed by atoms with Crippen LogP contribution in [0.15, 0.2) is 77.4 Å². The van der Waals surface area contributed by atoms with Gasteiger partial charge in [0.05, 0.1) is 17.9 Å². The first-order chi connectivity index (χ1) is 13.6. The summed E-state index contributed by atoms with van der Waals surface area (Å²) >= 11 is 0. The van der Waals surface area contributed by atoms with Crippen LogP contribution in [0.1, 0.15) is 33.3 Å². The Hall–Kier alpha value is -3.31. The van der Waals surface area contributed by atoms with E-state index in [9.17, 15) is 9.90 Å². The number of rotatable bonds is 6. The number of carbonyl (C=O) groups is 1. The van der Waals surface area contributed by atoms with Crippen LogP contribution in [0.4, 0.5) is 0 Å². The molecule has 0 radical (unpaired) electrons. The number of nitrogens with one attached hydrogen (secondary N) is 1. The molecule has 0 spiro atoms. The van der Waals surface area contributed by atoms with Crippen molar-refractivity contribution in [3.8, 4) is 0 Å².